The van der Waals surface area contributed by atoms with Crippen LogP contribution in [0.4, 0.5) is 4.39 Å². The highest BCUT2D eigenvalue weighted by Gasteiger charge is 2.45. The van der Waals surface area contributed by atoms with Crippen molar-refractivity contribution in [1.82, 2.24) is 14.5 Å². The number of hydrogen-bond acceptors (Lipinski definition) is 2. The van der Waals surface area contributed by atoms with Gasteiger partial charge in [-0.3, -0.25) is 4.79 Å². The van der Waals surface area contributed by atoms with Gasteiger partial charge in [0, 0.05) is 25.1 Å². The Morgan fingerprint density at radius 2 is 2.04 bits per heavy atom. The van der Waals surface area contributed by atoms with E-state index in [-0.39, 0.29) is 23.0 Å². The zero-order chi connectivity index (χ0) is 18.4. The summed E-state index contributed by atoms with van der Waals surface area (Å²) in [6.45, 7) is 0. The van der Waals surface area contributed by atoms with E-state index in [0.29, 0.717) is 11.4 Å². The molecule has 1 fully saturated rings. The number of fused-ring (bicyclic) bond motifs is 9. The first-order valence-electron chi connectivity index (χ1n) is 9.31. The molecule has 0 radical (unpaired) electrons. The number of carbonyl (C=O) groups is 1. The second-order valence-electron chi connectivity index (χ2n) is 7.86. The molecular formula is C21H17ClFN3O. The number of hydrogen-bond donors (Lipinski definition) is 0. The molecular weight excluding hydrogens is 365 g/mol. The zero-order valence-corrected chi connectivity index (χ0v) is 15.5. The van der Waals surface area contributed by atoms with Crippen molar-refractivity contribution in [1.29, 1.82) is 0 Å². The summed E-state index contributed by atoms with van der Waals surface area (Å²) in [5, 5.41) is 0.101. The minimum Gasteiger partial charge on any atom is -0.331 e. The monoisotopic (exact) mass is 381 g/mol. The van der Waals surface area contributed by atoms with Crippen LogP contribution in [0.25, 0.3) is 11.0 Å². The van der Waals surface area contributed by atoms with Crippen molar-refractivity contribution >= 4 is 28.5 Å². The molecule has 2 atom stereocenters. The lowest BCUT2D eigenvalue weighted by Gasteiger charge is -2.25. The van der Waals surface area contributed by atoms with Gasteiger partial charge in [-0.25, -0.2) is 9.37 Å². The van der Waals surface area contributed by atoms with E-state index in [0.717, 1.165) is 28.9 Å². The molecule has 3 aromatic rings. The summed E-state index contributed by atoms with van der Waals surface area (Å²) < 4.78 is 16.2. The second-order valence-corrected chi connectivity index (χ2v) is 8.27. The van der Waals surface area contributed by atoms with Gasteiger partial charge >= 0.3 is 0 Å². The lowest BCUT2D eigenvalue weighted by atomic mass is 9.91. The van der Waals surface area contributed by atoms with Crippen LogP contribution in [0, 0.1) is 5.82 Å². The number of nitrogens with zero attached hydrogens (tertiary/aromatic N) is 3. The van der Waals surface area contributed by atoms with Crippen molar-refractivity contribution in [2.45, 2.75) is 37.3 Å². The van der Waals surface area contributed by atoms with Gasteiger partial charge in [0.1, 0.15) is 11.6 Å². The smallest absolute Gasteiger partial charge is 0.254 e. The highest BCUT2D eigenvalue weighted by atomic mass is 35.5. The lowest BCUT2D eigenvalue weighted by molar-refractivity contribution is 0.0734. The highest BCUT2D eigenvalue weighted by Crippen LogP contribution is 2.52. The first kappa shape index (κ1) is 15.6. The van der Waals surface area contributed by atoms with Crippen molar-refractivity contribution in [3.63, 3.8) is 0 Å². The number of benzene rings is 2. The molecule has 3 aliphatic rings. The Kier molecular flexibility index (Phi) is 2.96. The fraction of sp³-hybridized carbons (Fsp3) is 0.333. The summed E-state index contributed by atoms with van der Waals surface area (Å²) in [4.78, 5) is 19.7. The number of imidazole rings is 1. The number of rotatable bonds is 1. The van der Waals surface area contributed by atoms with Gasteiger partial charge in [0.25, 0.3) is 5.91 Å². The largest absolute Gasteiger partial charge is 0.331 e. The maximum Gasteiger partial charge on any atom is 0.254 e. The van der Waals surface area contributed by atoms with Crippen LogP contribution in [0.2, 0.25) is 5.02 Å². The number of aromatic nitrogens is 2. The number of halogens is 2. The third kappa shape index (κ3) is 1.98. The lowest BCUT2D eigenvalue weighted by Crippen LogP contribution is -2.30. The molecule has 6 heteroatoms. The van der Waals surface area contributed by atoms with Gasteiger partial charge in [-0.05, 0) is 42.0 Å². The van der Waals surface area contributed by atoms with E-state index in [4.69, 9.17) is 16.6 Å². The average Bonchev–Trinajstić information content (AvgIpc) is 3.38. The van der Waals surface area contributed by atoms with Crippen molar-refractivity contribution in [2.75, 3.05) is 7.05 Å². The Morgan fingerprint density at radius 3 is 2.81 bits per heavy atom. The van der Waals surface area contributed by atoms with Crippen molar-refractivity contribution < 1.29 is 9.18 Å². The first-order chi connectivity index (χ1) is 13.0. The van der Waals surface area contributed by atoms with Crippen LogP contribution in [0.3, 0.4) is 0 Å². The van der Waals surface area contributed by atoms with Gasteiger partial charge in [0.15, 0.2) is 0 Å². The predicted molar refractivity (Wildman–Crippen MR) is 101 cm³/mol. The van der Waals surface area contributed by atoms with E-state index in [1.165, 1.54) is 24.5 Å². The minimum atomic E-state index is -0.465. The maximum absolute atomic E-state index is 14.0. The topological polar surface area (TPSA) is 38.1 Å². The molecule has 27 heavy (non-hydrogen) atoms. The Labute approximate surface area is 160 Å². The van der Waals surface area contributed by atoms with Crippen molar-refractivity contribution in [3.8, 4) is 0 Å². The quantitative estimate of drug-likeness (QED) is 0.605. The average molecular weight is 382 g/mol. The van der Waals surface area contributed by atoms with Gasteiger partial charge in [-0.15, -0.1) is 0 Å². The van der Waals surface area contributed by atoms with Crippen molar-refractivity contribution in [2.24, 2.45) is 0 Å². The number of amides is 1. The molecule has 2 aliphatic heterocycles. The molecule has 6 rings (SSSR count). The normalized spacial score (nSPS) is 23.5. The Bertz CT molecular complexity index is 1150. The Hall–Kier alpha value is -2.40. The third-order valence-electron chi connectivity index (χ3n) is 6.32. The summed E-state index contributed by atoms with van der Waals surface area (Å²) in [5.74, 6) is 0.938. The molecule has 1 aliphatic carbocycles. The van der Waals surface area contributed by atoms with Gasteiger partial charge < -0.3 is 9.47 Å². The van der Waals surface area contributed by atoms with Gasteiger partial charge in [0.2, 0.25) is 0 Å². The second kappa shape index (κ2) is 5.10. The molecule has 136 valence electrons. The SMILES string of the molecule is CN1C(=O)c2cccc(C3CC3)c2[C@H]2C[C@@H]1c1nc3cc(F)c(Cl)cc3n12. The van der Waals surface area contributed by atoms with E-state index in [2.05, 4.69) is 10.6 Å². The van der Waals surface area contributed by atoms with Crippen LogP contribution in [0.1, 0.15) is 64.6 Å². The molecule has 1 amide bonds. The van der Waals surface area contributed by atoms with Crippen LogP contribution >= 0.6 is 11.6 Å². The fourth-order valence-corrected chi connectivity index (χ4v) is 5.05. The predicted octanol–water partition coefficient (Wildman–Crippen LogP) is 4.83. The van der Waals surface area contributed by atoms with E-state index in [9.17, 15) is 9.18 Å². The summed E-state index contributed by atoms with van der Waals surface area (Å²) in [5.41, 5.74) is 4.62. The first-order valence-corrected chi connectivity index (χ1v) is 9.69. The van der Waals surface area contributed by atoms with Gasteiger partial charge in [0.05, 0.1) is 28.1 Å². The summed E-state index contributed by atoms with van der Waals surface area (Å²) in [6.07, 6.45) is 3.14. The van der Waals surface area contributed by atoms with Gasteiger partial charge in [-0.2, -0.15) is 0 Å². The Morgan fingerprint density at radius 1 is 1.22 bits per heavy atom. The summed E-state index contributed by atoms with van der Waals surface area (Å²) >= 11 is 6.08. The standard InChI is InChI=1S/C21H17ClFN3O/c1-25-18-9-17(19-11(10-5-6-10)3-2-4-12(19)21(25)27)26-16-7-13(22)14(23)8-15(16)24-20(18)26/h2-4,7-8,10,17-18H,5-6,9H2,1H3/t17-,18-/m1/s1. The van der Waals surface area contributed by atoms with Crippen LogP contribution in [-0.2, 0) is 0 Å². The molecule has 0 N–H and O–H groups in total. The van der Waals surface area contributed by atoms with E-state index in [1.807, 2.05) is 19.2 Å². The van der Waals surface area contributed by atoms with Crippen LogP contribution in [0.15, 0.2) is 30.3 Å². The minimum absolute atomic E-state index is 0.0252. The summed E-state index contributed by atoms with van der Waals surface area (Å²) in [6, 6.07) is 9.07. The molecule has 0 unspecified atom stereocenters. The molecule has 4 nitrogen and oxygen atoms in total. The Balaban J connectivity index is 1.69. The van der Waals surface area contributed by atoms with E-state index < -0.39 is 5.82 Å². The van der Waals surface area contributed by atoms with Crippen molar-refractivity contribution in [3.05, 3.63) is 63.7 Å². The van der Waals surface area contributed by atoms with Crippen LogP contribution < -0.4 is 0 Å². The fourth-order valence-electron chi connectivity index (χ4n) is 4.90. The van der Waals surface area contributed by atoms with Crippen LogP contribution in [0.5, 0.6) is 0 Å². The zero-order valence-electron chi connectivity index (χ0n) is 14.7. The van der Waals surface area contributed by atoms with Gasteiger partial charge in [-0.1, -0.05) is 23.7 Å². The van der Waals surface area contributed by atoms with E-state index >= 15 is 0 Å². The highest BCUT2D eigenvalue weighted by molar-refractivity contribution is 6.31. The van der Waals surface area contributed by atoms with E-state index in [1.54, 1.807) is 11.0 Å². The molecule has 0 saturated heterocycles. The van der Waals surface area contributed by atoms with Crippen LogP contribution in [-0.4, -0.2) is 27.4 Å². The third-order valence-corrected chi connectivity index (χ3v) is 6.61. The molecule has 2 aromatic carbocycles. The number of carbonyl (C=O) groups excluding carboxylic acids is 1. The molecule has 2 bridgehead atoms. The molecule has 1 aromatic heterocycles. The maximum atomic E-state index is 14.0. The molecule has 3 heterocycles. The summed E-state index contributed by atoms with van der Waals surface area (Å²) in [7, 11) is 1.84. The molecule has 0 spiro atoms. The molecule has 1 saturated carbocycles.